The number of fused-ring (bicyclic) bond motifs is 1. The monoisotopic (exact) mass is 649 g/mol. The summed E-state index contributed by atoms with van der Waals surface area (Å²) in [6, 6.07) is 14.2. The fourth-order valence-electron chi connectivity index (χ4n) is 2.19. The largest absolute Gasteiger partial charge is 0.366 e. The van der Waals surface area contributed by atoms with Crippen LogP contribution in [0.1, 0.15) is 26.3 Å². The second-order valence-corrected chi connectivity index (χ2v) is 11.4. The average Bonchev–Trinajstić information content (AvgIpc) is 3.10. The third kappa shape index (κ3) is 6.38. The Labute approximate surface area is 211 Å². The standard InChI is InChI=1S/C8H8O2.C7H4ClIO2.C3Cl3N3O3/c1-6-4-2-3-5-7(6)8(9)10;8-9-6-4-2-1-3-5(6)7(10)11-9;4-7-1(10)8(5)3(12)9(6)2(7)11/h2-5H,1H3,(H,9,10);1-4H;. The number of aryl methyl sites for hydroxylation is 1. The summed E-state index contributed by atoms with van der Waals surface area (Å²) in [6.45, 7) is 1.78. The molecule has 4 rings (SSSR count). The van der Waals surface area contributed by atoms with Crippen LogP contribution in [0.15, 0.2) is 62.9 Å². The Morgan fingerprint density at radius 1 is 0.848 bits per heavy atom. The molecule has 0 spiro atoms. The fourth-order valence-corrected chi connectivity index (χ4v) is 6.12. The van der Waals surface area contributed by atoms with Gasteiger partial charge in [0.1, 0.15) is 0 Å². The Hall–Kier alpha value is -2.32. The van der Waals surface area contributed by atoms with Gasteiger partial charge in [-0.3, -0.25) is 0 Å². The summed E-state index contributed by atoms with van der Waals surface area (Å²) < 4.78 is 6.09. The van der Waals surface area contributed by atoms with Gasteiger partial charge in [-0.2, -0.15) is 0 Å². The predicted octanol–water partition coefficient (Wildman–Crippen LogP) is 3.47. The van der Waals surface area contributed by atoms with Gasteiger partial charge < -0.3 is 5.11 Å². The van der Waals surface area contributed by atoms with Crippen LogP contribution in [-0.2, 0) is 3.07 Å². The van der Waals surface area contributed by atoms with Gasteiger partial charge in [0.05, 0.1) is 5.56 Å². The number of carbonyl (C=O) groups is 2. The van der Waals surface area contributed by atoms with E-state index < -0.39 is 42.1 Å². The first-order chi connectivity index (χ1) is 15.5. The SMILES string of the molecule is Cc1ccccc1C(=O)O.O=C1OI(Cl)c2ccccc21.O=c1n(Cl)c(=O)n(Cl)c(=O)n1Cl. The molecule has 0 saturated carbocycles. The van der Waals surface area contributed by atoms with E-state index in [-0.39, 0.29) is 18.2 Å². The van der Waals surface area contributed by atoms with Gasteiger partial charge in [0, 0.05) is 35.3 Å². The van der Waals surface area contributed by atoms with Gasteiger partial charge in [-0.05, 0) is 18.6 Å². The molecule has 2 aromatic carbocycles. The zero-order valence-corrected chi connectivity index (χ0v) is 21.4. The van der Waals surface area contributed by atoms with Gasteiger partial charge in [-0.1, -0.05) is 18.2 Å². The molecule has 1 aliphatic heterocycles. The second kappa shape index (κ2) is 11.7. The Morgan fingerprint density at radius 3 is 1.73 bits per heavy atom. The van der Waals surface area contributed by atoms with Gasteiger partial charge in [-0.25, -0.2) is 19.2 Å². The van der Waals surface area contributed by atoms with E-state index in [1.165, 1.54) is 0 Å². The van der Waals surface area contributed by atoms with Crippen molar-refractivity contribution in [3.8, 4) is 0 Å². The molecule has 0 radical (unpaired) electrons. The van der Waals surface area contributed by atoms with Crippen LogP contribution in [0.5, 0.6) is 0 Å². The molecule has 0 amide bonds. The van der Waals surface area contributed by atoms with Crippen molar-refractivity contribution in [3.63, 3.8) is 0 Å². The van der Waals surface area contributed by atoms with Crippen LogP contribution in [0.3, 0.4) is 0 Å². The minimum atomic E-state index is -2.05. The summed E-state index contributed by atoms with van der Waals surface area (Å²) in [7, 11) is 5.85. The van der Waals surface area contributed by atoms with Crippen LogP contribution in [0, 0.1) is 10.5 Å². The molecule has 1 aliphatic rings. The number of halogens is 5. The van der Waals surface area contributed by atoms with Crippen LogP contribution in [0.2, 0.25) is 0 Å². The van der Waals surface area contributed by atoms with E-state index in [9.17, 15) is 24.0 Å². The predicted molar refractivity (Wildman–Crippen MR) is 132 cm³/mol. The molecule has 15 heteroatoms. The van der Waals surface area contributed by atoms with E-state index in [1.807, 2.05) is 24.3 Å². The van der Waals surface area contributed by atoms with Gasteiger partial charge in [-0.15, -0.1) is 12.3 Å². The summed E-state index contributed by atoms with van der Waals surface area (Å²) in [4.78, 5) is 53.7. The first-order valence-corrected chi connectivity index (χ1v) is 14.1. The Balaban J connectivity index is 0.000000176. The van der Waals surface area contributed by atoms with Crippen molar-refractivity contribution in [1.29, 1.82) is 0 Å². The number of carbonyl (C=O) groups excluding carboxylic acids is 1. The first-order valence-electron chi connectivity index (χ1n) is 8.44. The number of carboxylic acids is 1. The smallest absolute Gasteiger partial charge is 0.244 e. The summed E-state index contributed by atoms with van der Waals surface area (Å²) in [5.41, 5.74) is -1.66. The number of hydrogen-bond donors (Lipinski definition) is 1. The third-order valence-corrected chi connectivity index (χ3v) is 8.71. The zero-order chi connectivity index (χ0) is 24.9. The van der Waals surface area contributed by atoms with Gasteiger partial charge in [0.25, 0.3) is 0 Å². The summed E-state index contributed by atoms with van der Waals surface area (Å²) in [6.07, 6.45) is 0. The molecule has 0 unspecified atom stereocenters. The topological polar surface area (TPSA) is 130 Å². The maximum absolute atomic E-state index is 11.0. The maximum Gasteiger partial charge on any atom is 0.366 e. The molecule has 0 fully saturated rings. The van der Waals surface area contributed by atoms with E-state index in [0.29, 0.717) is 11.1 Å². The maximum atomic E-state index is 11.0. The molecule has 176 valence electrons. The molecule has 33 heavy (non-hydrogen) atoms. The third-order valence-electron chi connectivity index (χ3n) is 3.77. The van der Waals surface area contributed by atoms with E-state index in [4.69, 9.17) is 52.4 Å². The van der Waals surface area contributed by atoms with Crippen molar-refractivity contribution in [1.82, 2.24) is 12.3 Å². The molecule has 10 nitrogen and oxygen atoms in total. The van der Waals surface area contributed by atoms with E-state index in [1.54, 1.807) is 31.2 Å². The van der Waals surface area contributed by atoms with Crippen LogP contribution in [-0.4, -0.2) is 29.3 Å². The molecule has 0 saturated heterocycles. The van der Waals surface area contributed by atoms with Crippen molar-refractivity contribution in [2.75, 3.05) is 0 Å². The van der Waals surface area contributed by atoms with Crippen molar-refractivity contribution in [2.24, 2.45) is 0 Å². The number of rotatable bonds is 1. The van der Waals surface area contributed by atoms with Crippen molar-refractivity contribution in [3.05, 3.63) is 100 Å². The van der Waals surface area contributed by atoms with Gasteiger partial charge in [0.2, 0.25) is 0 Å². The normalized spacial score (nSPS) is 12.5. The number of nitrogens with zero attached hydrogens (tertiary/aromatic N) is 3. The van der Waals surface area contributed by atoms with E-state index in [0.717, 1.165) is 9.13 Å². The molecular formula is C18H12Cl4IN3O7. The quantitative estimate of drug-likeness (QED) is 0.399. The Morgan fingerprint density at radius 2 is 1.30 bits per heavy atom. The van der Waals surface area contributed by atoms with Crippen molar-refractivity contribution >= 4 is 75.3 Å². The summed E-state index contributed by atoms with van der Waals surface area (Å²) in [5, 5.41) is 8.57. The summed E-state index contributed by atoms with van der Waals surface area (Å²) >= 11 is 13.3. The molecule has 0 atom stereocenters. The average molecular weight is 651 g/mol. The number of aromatic carboxylic acids is 1. The van der Waals surface area contributed by atoms with Crippen LogP contribution in [0.4, 0.5) is 0 Å². The van der Waals surface area contributed by atoms with Crippen molar-refractivity contribution < 1.29 is 17.8 Å². The molecule has 1 N–H and O–H groups in total. The van der Waals surface area contributed by atoms with E-state index >= 15 is 0 Å². The number of carboxylic acid groups (broad SMARTS) is 1. The summed E-state index contributed by atoms with van der Waals surface area (Å²) in [5.74, 6) is -1.13. The van der Waals surface area contributed by atoms with Gasteiger partial charge in [0.15, 0.2) is 0 Å². The Bertz CT molecular complexity index is 1280. The molecule has 2 heterocycles. The molecule has 1 aromatic heterocycles. The molecular weight excluding hydrogens is 639 g/mol. The molecule has 3 aromatic rings. The Kier molecular flexibility index (Phi) is 9.55. The first kappa shape index (κ1) is 26.9. The number of hydrogen-bond acceptors (Lipinski definition) is 6. The second-order valence-electron chi connectivity index (χ2n) is 5.86. The fraction of sp³-hybridized carbons (Fsp3) is 0.0556. The van der Waals surface area contributed by atoms with Crippen LogP contribution >= 0.6 is 63.3 Å². The van der Waals surface area contributed by atoms with Crippen LogP contribution in [0.25, 0.3) is 0 Å². The number of benzene rings is 2. The van der Waals surface area contributed by atoms with Gasteiger partial charge >= 0.3 is 98.3 Å². The van der Waals surface area contributed by atoms with Crippen LogP contribution < -0.4 is 17.1 Å². The van der Waals surface area contributed by atoms with E-state index in [2.05, 4.69) is 0 Å². The zero-order valence-electron chi connectivity index (χ0n) is 16.2. The minimum Gasteiger partial charge on any atom is -0.244 e. The van der Waals surface area contributed by atoms with Crippen molar-refractivity contribution in [2.45, 2.75) is 6.92 Å². The molecule has 0 aliphatic carbocycles. The number of aromatic nitrogens is 3. The molecule has 0 bridgehead atoms. The minimum absolute atomic E-state index is 0.0847.